The van der Waals surface area contributed by atoms with Gasteiger partial charge in [-0.3, -0.25) is 10.5 Å². The van der Waals surface area contributed by atoms with Crippen molar-refractivity contribution in [2.75, 3.05) is 7.11 Å². The summed E-state index contributed by atoms with van der Waals surface area (Å²) in [7, 11) is 1.48. The van der Waals surface area contributed by atoms with Gasteiger partial charge in [0.15, 0.2) is 5.72 Å². The van der Waals surface area contributed by atoms with Crippen molar-refractivity contribution >= 4 is 18.7 Å². The largest absolute Gasteiger partial charge is 0.388 e. The highest BCUT2D eigenvalue weighted by Crippen LogP contribution is 2.27. The number of aliphatic hydroxyl groups is 1. The summed E-state index contributed by atoms with van der Waals surface area (Å²) in [4.78, 5) is 10.6. The molecule has 0 heterocycles. The minimum Gasteiger partial charge on any atom is -0.388 e. The van der Waals surface area contributed by atoms with E-state index in [4.69, 9.17) is 10.5 Å². The molecule has 2 atom stereocenters. The zero-order valence-corrected chi connectivity index (χ0v) is 13.0. The van der Waals surface area contributed by atoms with Crippen molar-refractivity contribution in [2.45, 2.75) is 38.5 Å². The predicted molar refractivity (Wildman–Crippen MR) is 82.0 cm³/mol. The van der Waals surface area contributed by atoms with Crippen LogP contribution in [0.15, 0.2) is 24.3 Å². The van der Waals surface area contributed by atoms with Crippen LogP contribution in [0.25, 0.3) is 0 Å². The predicted octanol–water partition coefficient (Wildman–Crippen LogP) is 2.48. The Kier molecular flexibility index (Phi) is 7.98. The maximum absolute atomic E-state index is 10.6. The van der Waals surface area contributed by atoms with E-state index in [1.54, 1.807) is 24.3 Å². The zero-order chi connectivity index (χ0) is 14.5. The highest BCUT2D eigenvalue weighted by molar-refractivity contribution is 5.85. The van der Waals surface area contributed by atoms with Crippen molar-refractivity contribution < 1.29 is 14.6 Å². The van der Waals surface area contributed by atoms with Crippen LogP contribution < -0.4 is 5.73 Å². The molecule has 0 fully saturated rings. The third kappa shape index (κ3) is 4.56. The lowest BCUT2D eigenvalue weighted by Crippen LogP contribution is -2.49. The SMILES string of the molecule is CO[C@](N)(c1ccc(C=O)cc1)[C@H](O)CCC(C)C.Cl. The number of ether oxygens (including phenoxy) is 1. The Morgan fingerprint density at radius 1 is 1.30 bits per heavy atom. The molecular formula is C15H24ClNO3. The first-order valence-corrected chi connectivity index (χ1v) is 6.51. The highest BCUT2D eigenvalue weighted by atomic mass is 35.5. The highest BCUT2D eigenvalue weighted by Gasteiger charge is 2.35. The second-order valence-electron chi connectivity index (χ2n) is 5.22. The van der Waals surface area contributed by atoms with Crippen LogP contribution in [0.1, 0.15) is 42.6 Å². The van der Waals surface area contributed by atoms with Crippen LogP contribution in [0.5, 0.6) is 0 Å². The van der Waals surface area contributed by atoms with Crippen LogP contribution in [-0.4, -0.2) is 24.6 Å². The molecule has 0 spiro atoms. The van der Waals surface area contributed by atoms with Gasteiger partial charge in [0.05, 0.1) is 0 Å². The van der Waals surface area contributed by atoms with Gasteiger partial charge in [-0.1, -0.05) is 38.1 Å². The summed E-state index contributed by atoms with van der Waals surface area (Å²) in [5.74, 6) is 0.494. The zero-order valence-electron chi connectivity index (χ0n) is 12.2. The number of nitrogens with two attached hydrogens (primary N) is 1. The molecule has 0 aliphatic carbocycles. The van der Waals surface area contributed by atoms with E-state index in [-0.39, 0.29) is 12.4 Å². The molecule has 0 unspecified atom stereocenters. The average molecular weight is 302 g/mol. The molecule has 0 aliphatic heterocycles. The number of carbonyl (C=O) groups is 1. The lowest BCUT2D eigenvalue weighted by Gasteiger charge is -2.33. The van der Waals surface area contributed by atoms with E-state index in [2.05, 4.69) is 13.8 Å². The fourth-order valence-electron chi connectivity index (χ4n) is 1.97. The Bertz CT molecular complexity index is 408. The molecule has 0 bridgehead atoms. The average Bonchev–Trinajstić information content (AvgIpc) is 2.43. The quantitative estimate of drug-likeness (QED) is 0.599. The van der Waals surface area contributed by atoms with Crippen molar-refractivity contribution in [3.05, 3.63) is 35.4 Å². The molecule has 20 heavy (non-hydrogen) atoms. The molecule has 0 radical (unpaired) electrons. The maximum Gasteiger partial charge on any atom is 0.168 e. The van der Waals surface area contributed by atoms with Crippen LogP contribution in [0, 0.1) is 5.92 Å². The van der Waals surface area contributed by atoms with E-state index in [0.29, 0.717) is 23.5 Å². The lowest BCUT2D eigenvalue weighted by atomic mass is 9.92. The molecule has 0 aromatic heterocycles. The third-order valence-corrected chi connectivity index (χ3v) is 3.35. The summed E-state index contributed by atoms with van der Waals surface area (Å²) < 4.78 is 5.33. The Labute approximate surface area is 126 Å². The van der Waals surface area contributed by atoms with Crippen molar-refractivity contribution in [3.8, 4) is 0 Å². The molecule has 0 saturated carbocycles. The molecule has 1 aromatic rings. The van der Waals surface area contributed by atoms with Gasteiger partial charge in [-0.05, 0) is 18.8 Å². The van der Waals surface area contributed by atoms with Crippen molar-refractivity contribution in [2.24, 2.45) is 11.7 Å². The standard InChI is InChI=1S/C15H23NO3.ClH/c1-11(2)4-9-14(18)15(16,19-3)13-7-5-12(10-17)6-8-13;/h5-8,10-11,14,18H,4,9,16H2,1-3H3;1H/t14-,15-;/m1./s1. The van der Waals surface area contributed by atoms with Crippen LogP contribution in [0.2, 0.25) is 0 Å². The van der Waals surface area contributed by atoms with Crippen molar-refractivity contribution in [3.63, 3.8) is 0 Å². The van der Waals surface area contributed by atoms with Gasteiger partial charge in [0.1, 0.15) is 12.4 Å². The number of hydrogen-bond acceptors (Lipinski definition) is 4. The van der Waals surface area contributed by atoms with E-state index in [0.717, 1.165) is 12.7 Å². The first-order valence-electron chi connectivity index (χ1n) is 6.51. The fraction of sp³-hybridized carbons (Fsp3) is 0.533. The van der Waals surface area contributed by atoms with Gasteiger partial charge in [-0.15, -0.1) is 12.4 Å². The molecule has 0 aliphatic rings. The number of aldehydes is 1. The smallest absolute Gasteiger partial charge is 0.168 e. The number of aliphatic hydroxyl groups excluding tert-OH is 1. The molecule has 3 N–H and O–H groups in total. The number of hydrogen-bond donors (Lipinski definition) is 2. The minimum atomic E-state index is -1.24. The number of benzene rings is 1. The second kappa shape index (κ2) is 8.37. The van der Waals surface area contributed by atoms with Gasteiger partial charge >= 0.3 is 0 Å². The Balaban J connectivity index is 0.00000361. The summed E-state index contributed by atoms with van der Waals surface area (Å²) in [6, 6.07) is 6.76. The summed E-state index contributed by atoms with van der Waals surface area (Å²) in [5.41, 5.74) is 6.17. The first-order chi connectivity index (χ1) is 8.93. The van der Waals surface area contributed by atoms with Crippen LogP contribution in [0.4, 0.5) is 0 Å². The van der Waals surface area contributed by atoms with Gasteiger partial charge in [0, 0.05) is 18.2 Å². The molecule has 5 heteroatoms. The molecule has 1 rings (SSSR count). The van der Waals surface area contributed by atoms with Gasteiger partial charge in [0.2, 0.25) is 0 Å². The summed E-state index contributed by atoms with van der Waals surface area (Å²) in [5, 5.41) is 10.3. The second-order valence-corrected chi connectivity index (χ2v) is 5.22. The third-order valence-electron chi connectivity index (χ3n) is 3.35. The van der Waals surface area contributed by atoms with Gasteiger partial charge in [-0.25, -0.2) is 0 Å². The van der Waals surface area contributed by atoms with Crippen LogP contribution in [0.3, 0.4) is 0 Å². The summed E-state index contributed by atoms with van der Waals surface area (Å²) in [6.45, 7) is 4.19. The maximum atomic E-state index is 10.6. The first kappa shape index (κ1) is 19.1. The van der Waals surface area contributed by atoms with Gasteiger partial charge in [0.25, 0.3) is 0 Å². The Morgan fingerprint density at radius 2 is 1.85 bits per heavy atom. The molecule has 114 valence electrons. The topological polar surface area (TPSA) is 72.5 Å². The normalized spacial score (nSPS) is 15.3. The molecule has 0 saturated heterocycles. The Hall–Kier alpha value is -0.940. The summed E-state index contributed by atoms with van der Waals surface area (Å²) >= 11 is 0. The molecule has 0 amide bonds. The van der Waals surface area contributed by atoms with E-state index in [1.807, 2.05) is 0 Å². The van der Waals surface area contributed by atoms with E-state index < -0.39 is 11.8 Å². The van der Waals surface area contributed by atoms with Crippen LogP contribution >= 0.6 is 12.4 Å². The van der Waals surface area contributed by atoms with Gasteiger partial charge < -0.3 is 9.84 Å². The number of rotatable bonds is 7. The van der Waals surface area contributed by atoms with E-state index >= 15 is 0 Å². The minimum absolute atomic E-state index is 0. The van der Waals surface area contributed by atoms with Crippen molar-refractivity contribution in [1.29, 1.82) is 0 Å². The number of carbonyl (C=O) groups excluding carboxylic acids is 1. The lowest BCUT2D eigenvalue weighted by molar-refractivity contribution is -0.109. The monoisotopic (exact) mass is 301 g/mol. The summed E-state index contributed by atoms with van der Waals surface area (Å²) in [6.07, 6.45) is 1.42. The molecular weight excluding hydrogens is 278 g/mol. The fourth-order valence-corrected chi connectivity index (χ4v) is 1.97. The number of halogens is 1. The van der Waals surface area contributed by atoms with Crippen molar-refractivity contribution in [1.82, 2.24) is 0 Å². The van der Waals surface area contributed by atoms with Crippen LogP contribution in [-0.2, 0) is 10.5 Å². The van der Waals surface area contributed by atoms with E-state index in [9.17, 15) is 9.90 Å². The molecule has 1 aromatic carbocycles. The molecule has 4 nitrogen and oxygen atoms in total. The number of methoxy groups -OCH3 is 1. The van der Waals surface area contributed by atoms with Gasteiger partial charge in [-0.2, -0.15) is 0 Å². The Morgan fingerprint density at radius 3 is 2.25 bits per heavy atom. The van der Waals surface area contributed by atoms with E-state index in [1.165, 1.54) is 7.11 Å².